The number of carbonyl (C=O) groups excluding carboxylic acids is 2. The fourth-order valence-corrected chi connectivity index (χ4v) is 3.77. The van der Waals surface area contributed by atoms with Crippen LogP contribution in [0.4, 0.5) is 0 Å². The highest BCUT2D eigenvalue weighted by atomic mass is 32.1. The van der Waals surface area contributed by atoms with Crippen LogP contribution in [0.15, 0.2) is 5.38 Å². The fourth-order valence-electron chi connectivity index (χ4n) is 3.16. The van der Waals surface area contributed by atoms with Crippen LogP contribution in [0.25, 0.3) is 0 Å². The molecule has 2 saturated heterocycles. The van der Waals surface area contributed by atoms with Crippen LogP contribution < -0.4 is 0 Å². The van der Waals surface area contributed by atoms with Gasteiger partial charge in [0.15, 0.2) is 0 Å². The van der Waals surface area contributed by atoms with Crippen molar-refractivity contribution in [2.75, 3.05) is 26.7 Å². The van der Waals surface area contributed by atoms with Gasteiger partial charge >= 0.3 is 0 Å². The first kappa shape index (κ1) is 13.5. The van der Waals surface area contributed by atoms with Gasteiger partial charge in [-0.2, -0.15) is 0 Å². The highest BCUT2D eigenvalue weighted by molar-refractivity contribution is 7.09. The van der Waals surface area contributed by atoms with Crippen LogP contribution in [0.3, 0.4) is 0 Å². The van der Waals surface area contributed by atoms with E-state index in [0.717, 1.165) is 30.2 Å². The lowest BCUT2D eigenvalue weighted by Crippen LogP contribution is -2.42. The average molecular weight is 293 g/mol. The summed E-state index contributed by atoms with van der Waals surface area (Å²) in [4.78, 5) is 32.4. The number of piperidine rings is 1. The summed E-state index contributed by atoms with van der Waals surface area (Å²) in [6, 6.07) is 0. The minimum atomic E-state index is 0.00914. The summed E-state index contributed by atoms with van der Waals surface area (Å²) < 4.78 is 0. The molecule has 0 unspecified atom stereocenters. The lowest BCUT2D eigenvalue weighted by atomic mass is 9.88. The lowest BCUT2D eigenvalue weighted by Gasteiger charge is -2.30. The third-order valence-electron chi connectivity index (χ3n) is 4.32. The van der Waals surface area contributed by atoms with Crippen molar-refractivity contribution in [3.8, 4) is 0 Å². The molecule has 0 spiro atoms. The molecule has 2 aliphatic heterocycles. The molecule has 2 fully saturated rings. The molecule has 0 bridgehead atoms. The number of rotatable bonds is 2. The first-order valence-corrected chi connectivity index (χ1v) is 7.86. The summed E-state index contributed by atoms with van der Waals surface area (Å²) in [5, 5.41) is 2.93. The van der Waals surface area contributed by atoms with E-state index in [-0.39, 0.29) is 17.7 Å². The van der Waals surface area contributed by atoms with Crippen molar-refractivity contribution in [2.24, 2.45) is 11.8 Å². The molecule has 0 aliphatic carbocycles. The summed E-state index contributed by atoms with van der Waals surface area (Å²) in [5.74, 6) is 0.649. The maximum Gasteiger partial charge on any atom is 0.228 e. The Kier molecular flexibility index (Phi) is 3.50. The van der Waals surface area contributed by atoms with Crippen molar-refractivity contribution in [1.29, 1.82) is 0 Å². The Morgan fingerprint density at radius 2 is 2.30 bits per heavy atom. The Hall–Kier alpha value is -1.43. The first-order valence-electron chi connectivity index (χ1n) is 6.98. The quantitative estimate of drug-likeness (QED) is 0.815. The Morgan fingerprint density at radius 1 is 1.50 bits per heavy atom. The number of aromatic nitrogens is 1. The number of carbonyl (C=O) groups is 2. The molecule has 1 aromatic rings. The van der Waals surface area contributed by atoms with E-state index in [9.17, 15) is 9.59 Å². The van der Waals surface area contributed by atoms with Crippen LogP contribution >= 0.6 is 11.3 Å². The van der Waals surface area contributed by atoms with E-state index in [4.69, 9.17) is 0 Å². The van der Waals surface area contributed by atoms with E-state index in [0.29, 0.717) is 18.9 Å². The Labute approximate surface area is 122 Å². The zero-order valence-electron chi connectivity index (χ0n) is 11.8. The van der Waals surface area contributed by atoms with Gasteiger partial charge in [0.25, 0.3) is 0 Å². The normalized spacial score (nSPS) is 26.0. The van der Waals surface area contributed by atoms with Crippen LogP contribution in [0.5, 0.6) is 0 Å². The molecular weight excluding hydrogens is 274 g/mol. The molecule has 6 heteroatoms. The summed E-state index contributed by atoms with van der Waals surface area (Å²) in [6.07, 6.45) is 1.36. The predicted octanol–water partition coefficient (Wildman–Crippen LogP) is 0.931. The number of nitrogens with zero attached hydrogens (tertiary/aromatic N) is 3. The predicted molar refractivity (Wildman–Crippen MR) is 76.4 cm³/mol. The zero-order chi connectivity index (χ0) is 14.3. The lowest BCUT2D eigenvalue weighted by molar-refractivity contribution is -0.138. The molecule has 5 nitrogen and oxygen atoms in total. The van der Waals surface area contributed by atoms with Crippen LogP contribution in [0, 0.1) is 18.8 Å². The Balaban J connectivity index is 1.64. The van der Waals surface area contributed by atoms with Gasteiger partial charge in [-0.15, -0.1) is 11.3 Å². The smallest absolute Gasteiger partial charge is 0.228 e. The highest BCUT2D eigenvalue weighted by Gasteiger charge is 2.43. The molecule has 0 N–H and O–H groups in total. The number of hydrogen-bond donors (Lipinski definition) is 0. The van der Waals surface area contributed by atoms with Crippen molar-refractivity contribution >= 4 is 23.2 Å². The minimum Gasteiger partial charge on any atom is -0.345 e. The molecule has 1 aromatic heterocycles. The molecule has 0 aromatic carbocycles. The van der Waals surface area contributed by atoms with E-state index in [1.807, 2.05) is 24.3 Å². The highest BCUT2D eigenvalue weighted by Crippen LogP contribution is 2.31. The van der Waals surface area contributed by atoms with Gasteiger partial charge in [-0.1, -0.05) is 0 Å². The third-order valence-corrected chi connectivity index (χ3v) is 5.14. The minimum absolute atomic E-state index is 0.00914. The van der Waals surface area contributed by atoms with E-state index >= 15 is 0 Å². The number of aryl methyl sites for hydroxylation is 1. The second-order valence-electron chi connectivity index (χ2n) is 5.75. The second kappa shape index (κ2) is 5.16. The molecule has 108 valence electrons. The monoisotopic (exact) mass is 293 g/mol. The van der Waals surface area contributed by atoms with Gasteiger partial charge in [0.2, 0.25) is 11.8 Å². The van der Waals surface area contributed by atoms with E-state index < -0.39 is 0 Å². The summed E-state index contributed by atoms with van der Waals surface area (Å²) >= 11 is 1.57. The molecule has 3 rings (SSSR count). The fraction of sp³-hybridized carbons (Fsp3) is 0.643. The molecule has 0 radical (unpaired) electrons. The van der Waals surface area contributed by atoms with Gasteiger partial charge in [0.1, 0.15) is 0 Å². The molecule has 2 atom stereocenters. The SMILES string of the molecule is Cc1nc(CC(=O)N2C[C@H]3CCN(C)C(=O)[C@H]3C2)cs1. The van der Waals surface area contributed by atoms with Crippen LogP contribution in [-0.2, 0) is 16.0 Å². The summed E-state index contributed by atoms with van der Waals surface area (Å²) in [5.41, 5.74) is 0.843. The molecular formula is C14H19N3O2S. The zero-order valence-corrected chi connectivity index (χ0v) is 12.7. The maximum atomic E-state index is 12.3. The number of thiazole rings is 1. The van der Waals surface area contributed by atoms with Crippen molar-refractivity contribution in [3.63, 3.8) is 0 Å². The average Bonchev–Trinajstić information content (AvgIpc) is 3.01. The van der Waals surface area contributed by atoms with Crippen LogP contribution in [0.2, 0.25) is 0 Å². The maximum absolute atomic E-state index is 12.3. The van der Waals surface area contributed by atoms with Gasteiger partial charge in [-0.05, 0) is 19.3 Å². The van der Waals surface area contributed by atoms with Gasteiger partial charge in [-0.3, -0.25) is 9.59 Å². The molecule has 2 amide bonds. The third kappa shape index (κ3) is 2.44. The molecule has 3 heterocycles. The Bertz CT molecular complexity index is 542. The number of amides is 2. The Morgan fingerprint density at radius 3 is 3.00 bits per heavy atom. The van der Waals surface area contributed by atoms with E-state index in [1.54, 1.807) is 16.2 Å². The van der Waals surface area contributed by atoms with Crippen LogP contribution in [-0.4, -0.2) is 53.3 Å². The second-order valence-corrected chi connectivity index (χ2v) is 6.81. The van der Waals surface area contributed by atoms with Crippen molar-refractivity contribution < 1.29 is 9.59 Å². The van der Waals surface area contributed by atoms with Crippen molar-refractivity contribution in [1.82, 2.24) is 14.8 Å². The van der Waals surface area contributed by atoms with Crippen LogP contribution in [0.1, 0.15) is 17.1 Å². The number of likely N-dealkylation sites (tertiary alicyclic amines) is 2. The number of hydrogen-bond acceptors (Lipinski definition) is 4. The number of fused-ring (bicyclic) bond motifs is 1. The van der Waals surface area contributed by atoms with Crippen molar-refractivity contribution in [2.45, 2.75) is 19.8 Å². The molecule has 2 aliphatic rings. The van der Waals surface area contributed by atoms with Gasteiger partial charge < -0.3 is 9.80 Å². The topological polar surface area (TPSA) is 53.5 Å². The molecule has 20 heavy (non-hydrogen) atoms. The van der Waals surface area contributed by atoms with Gasteiger partial charge in [0.05, 0.1) is 23.0 Å². The van der Waals surface area contributed by atoms with Gasteiger partial charge in [0, 0.05) is 32.1 Å². The molecule has 0 saturated carbocycles. The summed E-state index contributed by atoms with van der Waals surface area (Å²) in [6.45, 7) is 4.06. The van der Waals surface area contributed by atoms with E-state index in [2.05, 4.69) is 4.98 Å². The van der Waals surface area contributed by atoms with Gasteiger partial charge in [-0.25, -0.2) is 4.98 Å². The standard InChI is InChI=1S/C14H19N3O2S/c1-9-15-11(8-20-9)5-13(18)17-6-10-3-4-16(2)14(19)12(10)7-17/h8,10,12H,3-7H2,1-2H3/t10-,12+/m1/s1. The summed E-state index contributed by atoms with van der Waals surface area (Å²) in [7, 11) is 1.85. The van der Waals surface area contributed by atoms with Crippen molar-refractivity contribution in [3.05, 3.63) is 16.1 Å². The van der Waals surface area contributed by atoms with E-state index in [1.165, 1.54) is 0 Å². The largest absolute Gasteiger partial charge is 0.345 e. The first-order chi connectivity index (χ1) is 9.54.